The Labute approximate surface area is 73.2 Å². The minimum absolute atomic E-state index is 0.209. The first-order valence-electron chi connectivity index (χ1n) is 4.41. The summed E-state index contributed by atoms with van der Waals surface area (Å²) in [5.74, 6) is 1.83. The van der Waals surface area contributed by atoms with Gasteiger partial charge in [-0.1, -0.05) is 20.8 Å². The minimum Gasteiger partial charge on any atom is -0.463 e. The molecular formula is C10H16O2. The molecule has 0 aliphatic heterocycles. The van der Waals surface area contributed by atoms with E-state index in [4.69, 9.17) is 4.42 Å². The molecule has 1 atom stereocenters. The Morgan fingerprint density at radius 3 is 2.50 bits per heavy atom. The second-order valence-electron chi connectivity index (χ2n) is 3.35. The van der Waals surface area contributed by atoms with Crippen molar-refractivity contribution in [2.75, 3.05) is 0 Å². The second-order valence-corrected chi connectivity index (χ2v) is 3.35. The number of aryl methyl sites for hydroxylation is 1. The van der Waals surface area contributed by atoms with Crippen LogP contribution in [0.3, 0.4) is 0 Å². The quantitative estimate of drug-likeness (QED) is 0.752. The molecule has 1 heterocycles. The van der Waals surface area contributed by atoms with Gasteiger partial charge >= 0.3 is 0 Å². The fraction of sp³-hybridized carbons (Fsp3) is 0.600. The average Bonchev–Trinajstić information content (AvgIpc) is 2.50. The highest BCUT2D eigenvalue weighted by molar-refractivity contribution is 5.09. The maximum Gasteiger partial charge on any atom is 0.132 e. The van der Waals surface area contributed by atoms with Crippen molar-refractivity contribution < 1.29 is 9.52 Å². The molecule has 2 heteroatoms. The number of aliphatic hydroxyl groups is 1. The van der Waals surface area contributed by atoms with Gasteiger partial charge in [-0.15, -0.1) is 0 Å². The summed E-state index contributed by atoms with van der Waals surface area (Å²) in [5.41, 5.74) is 0. The minimum atomic E-state index is -0.467. The Morgan fingerprint density at radius 1 is 1.42 bits per heavy atom. The van der Waals surface area contributed by atoms with Crippen molar-refractivity contribution in [2.45, 2.75) is 33.3 Å². The van der Waals surface area contributed by atoms with E-state index in [1.54, 1.807) is 0 Å². The number of furan rings is 1. The van der Waals surface area contributed by atoms with Gasteiger partial charge in [0.1, 0.15) is 17.6 Å². The van der Waals surface area contributed by atoms with Crippen molar-refractivity contribution in [2.24, 2.45) is 5.92 Å². The lowest BCUT2D eigenvalue weighted by atomic mass is 10.1. The molecule has 0 saturated heterocycles. The van der Waals surface area contributed by atoms with E-state index >= 15 is 0 Å². The van der Waals surface area contributed by atoms with E-state index in [9.17, 15) is 5.11 Å². The summed E-state index contributed by atoms with van der Waals surface area (Å²) in [6.07, 6.45) is 0.412. The molecule has 12 heavy (non-hydrogen) atoms. The van der Waals surface area contributed by atoms with Gasteiger partial charge in [-0.3, -0.25) is 0 Å². The van der Waals surface area contributed by atoms with Gasteiger partial charge in [-0.25, -0.2) is 0 Å². The first kappa shape index (κ1) is 9.33. The molecule has 1 aromatic heterocycles. The summed E-state index contributed by atoms with van der Waals surface area (Å²) in [4.78, 5) is 0. The van der Waals surface area contributed by atoms with Crippen molar-refractivity contribution in [1.82, 2.24) is 0 Å². The fourth-order valence-corrected chi connectivity index (χ4v) is 1.07. The zero-order valence-corrected chi connectivity index (χ0v) is 7.87. The monoisotopic (exact) mass is 168 g/mol. The summed E-state index contributed by atoms with van der Waals surface area (Å²) in [5, 5.41) is 9.61. The van der Waals surface area contributed by atoms with Gasteiger partial charge in [0.05, 0.1) is 0 Å². The van der Waals surface area contributed by atoms with Gasteiger partial charge in [0, 0.05) is 6.42 Å². The van der Waals surface area contributed by atoms with E-state index in [0.717, 1.165) is 12.2 Å². The molecule has 1 unspecified atom stereocenters. The van der Waals surface area contributed by atoms with Crippen LogP contribution >= 0.6 is 0 Å². The third-order valence-corrected chi connectivity index (χ3v) is 1.95. The maximum absolute atomic E-state index is 9.61. The van der Waals surface area contributed by atoms with E-state index < -0.39 is 6.10 Å². The SMILES string of the molecule is CCc1ccc(C(O)C(C)C)o1. The predicted octanol–water partition coefficient (Wildman–Crippen LogP) is 2.53. The number of aliphatic hydroxyl groups excluding tert-OH is 1. The third-order valence-electron chi connectivity index (χ3n) is 1.95. The summed E-state index contributed by atoms with van der Waals surface area (Å²) in [6.45, 7) is 5.97. The molecule has 0 amide bonds. The largest absolute Gasteiger partial charge is 0.463 e. The molecule has 0 aromatic carbocycles. The van der Waals surface area contributed by atoms with Gasteiger partial charge in [0.15, 0.2) is 0 Å². The van der Waals surface area contributed by atoms with Crippen molar-refractivity contribution in [3.63, 3.8) is 0 Å². The fourth-order valence-electron chi connectivity index (χ4n) is 1.07. The molecule has 0 spiro atoms. The topological polar surface area (TPSA) is 33.4 Å². The van der Waals surface area contributed by atoms with Crippen molar-refractivity contribution in [1.29, 1.82) is 0 Å². The van der Waals surface area contributed by atoms with Crippen LogP contribution in [0, 0.1) is 5.92 Å². The highest BCUT2D eigenvalue weighted by atomic mass is 16.4. The Morgan fingerprint density at radius 2 is 2.08 bits per heavy atom. The van der Waals surface area contributed by atoms with Crippen LogP contribution in [0.2, 0.25) is 0 Å². The Kier molecular flexibility index (Phi) is 2.93. The predicted molar refractivity (Wildman–Crippen MR) is 47.9 cm³/mol. The van der Waals surface area contributed by atoms with Crippen LogP contribution in [-0.2, 0) is 6.42 Å². The van der Waals surface area contributed by atoms with E-state index in [1.807, 2.05) is 32.9 Å². The van der Waals surface area contributed by atoms with Gasteiger partial charge < -0.3 is 9.52 Å². The molecule has 0 radical (unpaired) electrons. The Balaban J connectivity index is 2.74. The third kappa shape index (κ3) is 1.89. The Bertz CT molecular complexity index is 238. The summed E-state index contributed by atoms with van der Waals surface area (Å²) in [7, 11) is 0. The molecule has 1 aromatic rings. The average molecular weight is 168 g/mol. The zero-order chi connectivity index (χ0) is 9.14. The number of rotatable bonds is 3. The van der Waals surface area contributed by atoms with Crippen LogP contribution in [-0.4, -0.2) is 5.11 Å². The standard InChI is InChI=1S/C10H16O2/c1-4-8-5-6-9(12-8)10(11)7(2)3/h5-7,10-11H,4H2,1-3H3. The van der Waals surface area contributed by atoms with Gasteiger partial charge in [-0.2, -0.15) is 0 Å². The highest BCUT2D eigenvalue weighted by Crippen LogP contribution is 2.23. The lowest BCUT2D eigenvalue weighted by Gasteiger charge is -2.10. The van der Waals surface area contributed by atoms with Gasteiger partial charge in [0.25, 0.3) is 0 Å². The van der Waals surface area contributed by atoms with E-state index in [1.165, 1.54) is 0 Å². The van der Waals surface area contributed by atoms with E-state index in [-0.39, 0.29) is 5.92 Å². The van der Waals surface area contributed by atoms with Crippen LogP contribution in [0.25, 0.3) is 0 Å². The Hall–Kier alpha value is -0.760. The van der Waals surface area contributed by atoms with Crippen molar-refractivity contribution in [3.8, 4) is 0 Å². The summed E-state index contributed by atoms with van der Waals surface area (Å²) in [6, 6.07) is 3.77. The molecule has 1 rings (SSSR count). The summed E-state index contributed by atoms with van der Waals surface area (Å²) >= 11 is 0. The van der Waals surface area contributed by atoms with Crippen LogP contribution in [0.4, 0.5) is 0 Å². The van der Waals surface area contributed by atoms with E-state index in [0.29, 0.717) is 5.76 Å². The molecule has 68 valence electrons. The van der Waals surface area contributed by atoms with Gasteiger partial charge in [0.2, 0.25) is 0 Å². The maximum atomic E-state index is 9.61. The van der Waals surface area contributed by atoms with Crippen molar-refractivity contribution >= 4 is 0 Å². The molecule has 1 N–H and O–H groups in total. The molecule has 0 saturated carbocycles. The van der Waals surface area contributed by atoms with Crippen LogP contribution in [0.5, 0.6) is 0 Å². The van der Waals surface area contributed by atoms with Crippen LogP contribution in [0.1, 0.15) is 38.4 Å². The second kappa shape index (κ2) is 3.76. The summed E-state index contributed by atoms with van der Waals surface area (Å²) < 4.78 is 5.41. The first-order valence-corrected chi connectivity index (χ1v) is 4.41. The molecular weight excluding hydrogens is 152 g/mol. The van der Waals surface area contributed by atoms with Gasteiger partial charge in [-0.05, 0) is 18.1 Å². The molecule has 0 aliphatic rings. The lowest BCUT2D eigenvalue weighted by Crippen LogP contribution is -2.03. The van der Waals surface area contributed by atoms with Crippen LogP contribution in [0.15, 0.2) is 16.5 Å². The highest BCUT2D eigenvalue weighted by Gasteiger charge is 2.15. The van der Waals surface area contributed by atoms with Crippen LogP contribution < -0.4 is 0 Å². The molecule has 2 nitrogen and oxygen atoms in total. The molecule has 0 fully saturated rings. The first-order chi connectivity index (χ1) is 5.65. The number of hydrogen-bond donors (Lipinski definition) is 1. The molecule has 0 aliphatic carbocycles. The molecule has 0 bridgehead atoms. The normalized spacial score (nSPS) is 13.8. The number of hydrogen-bond acceptors (Lipinski definition) is 2. The van der Waals surface area contributed by atoms with E-state index in [2.05, 4.69) is 0 Å². The lowest BCUT2D eigenvalue weighted by molar-refractivity contribution is 0.101. The van der Waals surface area contributed by atoms with Crippen molar-refractivity contribution in [3.05, 3.63) is 23.7 Å². The smallest absolute Gasteiger partial charge is 0.132 e. The zero-order valence-electron chi connectivity index (χ0n) is 7.87.